The molecule has 2 aromatic heterocycles. The number of pyridine rings is 1. The van der Waals surface area contributed by atoms with Crippen LogP contribution in [0.1, 0.15) is 57.7 Å². The molecule has 0 saturated carbocycles. The van der Waals surface area contributed by atoms with Crippen molar-refractivity contribution in [3.63, 3.8) is 0 Å². The lowest BCUT2D eigenvalue weighted by atomic mass is 10.1. The molecule has 5 N–H and O–H groups in total. The van der Waals surface area contributed by atoms with Gasteiger partial charge >= 0.3 is 24.3 Å². The predicted molar refractivity (Wildman–Crippen MR) is 175 cm³/mol. The zero-order valence-corrected chi connectivity index (χ0v) is 27.4. The first kappa shape index (κ1) is 39.3. The molecule has 52 heavy (non-hydrogen) atoms. The van der Waals surface area contributed by atoms with Crippen LogP contribution >= 0.6 is 0 Å². The molecule has 1 aromatic carbocycles. The second kappa shape index (κ2) is 17.2. The largest absolute Gasteiger partial charge is 0.490 e. The van der Waals surface area contributed by atoms with E-state index in [1.54, 1.807) is 12.4 Å². The number of benzene rings is 1. The molecule has 0 bridgehead atoms. The molecule has 13 nitrogen and oxygen atoms in total. The maximum atomic E-state index is 13.2. The predicted octanol–water partition coefficient (Wildman–Crippen LogP) is 4.78. The molecular formula is C33H35F6N7O6. The molecule has 3 aliphatic heterocycles. The van der Waals surface area contributed by atoms with Crippen molar-refractivity contribution in [2.24, 2.45) is 5.10 Å². The van der Waals surface area contributed by atoms with E-state index in [2.05, 4.69) is 35.6 Å². The highest BCUT2D eigenvalue weighted by molar-refractivity contribution is 5.98. The highest BCUT2D eigenvalue weighted by atomic mass is 19.4. The first-order valence-electron chi connectivity index (χ1n) is 16.0. The highest BCUT2D eigenvalue weighted by Gasteiger charge is 2.39. The van der Waals surface area contributed by atoms with Gasteiger partial charge in [0.1, 0.15) is 5.82 Å². The molecule has 2 fully saturated rings. The van der Waals surface area contributed by atoms with E-state index in [0.29, 0.717) is 24.0 Å². The van der Waals surface area contributed by atoms with Crippen LogP contribution in [0.3, 0.4) is 0 Å². The number of aromatic nitrogens is 2. The molecule has 1 unspecified atom stereocenters. The lowest BCUT2D eigenvalue weighted by Crippen LogP contribution is -2.42. The van der Waals surface area contributed by atoms with Crippen molar-refractivity contribution in [1.29, 1.82) is 0 Å². The number of likely N-dealkylation sites (tertiary alicyclic amines) is 2. The van der Waals surface area contributed by atoms with E-state index in [-0.39, 0.29) is 11.8 Å². The number of rotatable bonds is 7. The summed E-state index contributed by atoms with van der Waals surface area (Å²) in [5.74, 6) is -4.83. The number of hydrazone groups is 1. The maximum Gasteiger partial charge on any atom is 0.490 e. The Bertz CT molecular complexity index is 1730. The number of alkyl halides is 6. The Morgan fingerprint density at radius 2 is 1.58 bits per heavy atom. The van der Waals surface area contributed by atoms with E-state index in [0.717, 1.165) is 73.5 Å². The molecule has 2 saturated heterocycles. The Balaban J connectivity index is 0.000000367. The Morgan fingerprint density at radius 1 is 0.942 bits per heavy atom. The third-order valence-corrected chi connectivity index (χ3v) is 8.22. The van der Waals surface area contributed by atoms with Crippen LogP contribution in [0.2, 0.25) is 0 Å². The van der Waals surface area contributed by atoms with E-state index < -0.39 is 24.3 Å². The smallest absolute Gasteiger partial charge is 0.475 e. The summed E-state index contributed by atoms with van der Waals surface area (Å²) < 4.78 is 63.5. The van der Waals surface area contributed by atoms with Crippen LogP contribution in [-0.2, 0) is 16.0 Å². The molecule has 2 amide bonds. The summed E-state index contributed by atoms with van der Waals surface area (Å²) in [4.78, 5) is 55.3. The summed E-state index contributed by atoms with van der Waals surface area (Å²) in [6.07, 6.45) is -1.23. The number of carbonyl (C=O) groups is 4. The molecule has 6 rings (SSSR count). The number of nitrogens with one attached hydrogen (secondary N) is 3. The van der Waals surface area contributed by atoms with Gasteiger partial charge < -0.3 is 30.3 Å². The summed E-state index contributed by atoms with van der Waals surface area (Å²) in [5, 5.41) is 21.5. The average Bonchev–Trinajstić information content (AvgIpc) is 3.87. The van der Waals surface area contributed by atoms with Gasteiger partial charge in [-0.3, -0.25) is 15.0 Å². The molecule has 19 heteroatoms. The molecule has 3 aliphatic rings. The molecule has 0 radical (unpaired) electrons. The fourth-order valence-electron chi connectivity index (χ4n) is 5.71. The molecule has 1 atom stereocenters. The number of hydrogen-bond acceptors (Lipinski definition) is 8. The van der Waals surface area contributed by atoms with Crippen LogP contribution in [-0.4, -0.2) is 111 Å². The Morgan fingerprint density at radius 3 is 2.17 bits per heavy atom. The SMILES string of the molecule is O=C(O)C(F)(F)F.O=C(O)C(F)(F)F.O=C1NCCc2[nH]c(-c3ccnc(NN=Cc4ccc(C(=O)N5CCCC5CN5CCCC5)cc4)c3)cc21. The molecule has 0 spiro atoms. The van der Waals surface area contributed by atoms with E-state index >= 15 is 0 Å². The van der Waals surface area contributed by atoms with Gasteiger partial charge in [0.25, 0.3) is 11.8 Å². The average molecular weight is 740 g/mol. The summed E-state index contributed by atoms with van der Waals surface area (Å²) in [5.41, 5.74) is 8.06. The van der Waals surface area contributed by atoms with Crippen molar-refractivity contribution < 1.29 is 55.7 Å². The van der Waals surface area contributed by atoms with Gasteiger partial charge in [-0.1, -0.05) is 12.1 Å². The van der Waals surface area contributed by atoms with E-state index in [4.69, 9.17) is 19.8 Å². The monoisotopic (exact) mass is 739 g/mol. The van der Waals surface area contributed by atoms with E-state index in [9.17, 15) is 35.9 Å². The standard InChI is InChI=1S/C29H33N7O2.2C2HF3O2/c37-28-24-17-26(33-25(24)10-12-31-28)22-9-11-30-27(16-22)34-32-18-20-5-7-21(8-6-20)29(38)36-15-3-4-23(36)19-35-13-1-2-14-35;2*3-2(4,5)1(6)7/h5-9,11,16-18,23,33H,1-4,10,12-15,19H2,(H,30,34)(H,31,37);2*(H,6,7). The number of hydrogen-bond donors (Lipinski definition) is 5. The van der Waals surface area contributed by atoms with Gasteiger partial charge in [-0.2, -0.15) is 31.4 Å². The van der Waals surface area contributed by atoms with Crippen LogP contribution in [0.15, 0.2) is 53.8 Å². The van der Waals surface area contributed by atoms with Crippen molar-refractivity contribution >= 4 is 35.8 Å². The topological polar surface area (TPSA) is 180 Å². The fourth-order valence-corrected chi connectivity index (χ4v) is 5.71. The minimum Gasteiger partial charge on any atom is -0.475 e. The van der Waals surface area contributed by atoms with Gasteiger partial charge in [0.15, 0.2) is 0 Å². The lowest BCUT2D eigenvalue weighted by molar-refractivity contribution is -0.193. The number of nitrogens with zero attached hydrogens (tertiary/aromatic N) is 4. The van der Waals surface area contributed by atoms with Crippen LogP contribution in [0.5, 0.6) is 0 Å². The van der Waals surface area contributed by atoms with Crippen LogP contribution in [0.4, 0.5) is 32.2 Å². The fraction of sp³-hybridized carbons (Fsp3) is 0.394. The van der Waals surface area contributed by atoms with Crippen molar-refractivity contribution in [1.82, 2.24) is 25.1 Å². The Labute approximate surface area is 292 Å². The quantitative estimate of drug-likeness (QED) is 0.130. The lowest BCUT2D eigenvalue weighted by Gasteiger charge is -2.28. The van der Waals surface area contributed by atoms with Gasteiger partial charge in [0.2, 0.25) is 0 Å². The normalized spacial score (nSPS) is 17.4. The number of carboxylic acid groups (broad SMARTS) is 2. The van der Waals surface area contributed by atoms with Gasteiger partial charge in [-0.25, -0.2) is 14.6 Å². The molecule has 0 aliphatic carbocycles. The summed E-state index contributed by atoms with van der Waals surface area (Å²) in [6, 6.07) is 13.6. The third-order valence-electron chi connectivity index (χ3n) is 8.22. The van der Waals surface area contributed by atoms with Crippen molar-refractivity contribution in [3.05, 3.63) is 71.0 Å². The number of halogens is 6. The zero-order valence-electron chi connectivity index (χ0n) is 27.4. The number of carbonyl (C=O) groups excluding carboxylic acids is 2. The molecule has 280 valence electrons. The minimum atomic E-state index is -5.08. The van der Waals surface area contributed by atoms with Crippen molar-refractivity contribution in [2.75, 3.05) is 38.1 Å². The number of H-pyrrole nitrogens is 1. The number of amides is 2. The summed E-state index contributed by atoms with van der Waals surface area (Å²) >= 11 is 0. The second-order valence-corrected chi connectivity index (χ2v) is 11.9. The second-order valence-electron chi connectivity index (χ2n) is 11.9. The summed E-state index contributed by atoms with van der Waals surface area (Å²) in [6.45, 7) is 4.81. The summed E-state index contributed by atoms with van der Waals surface area (Å²) in [7, 11) is 0. The highest BCUT2D eigenvalue weighted by Crippen LogP contribution is 2.26. The van der Waals surface area contributed by atoms with Crippen LogP contribution in [0.25, 0.3) is 11.3 Å². The van der Waals surface area contributed by atoms with E-state index in [1.165, 1.54) is 12.8 Å². The zero-order chi connectivity index (χ0) is 38.1. The van der Waals surface area contributed by atoms with E-state index in [1.807, 2.05) is 42.5 Å². The van der Waals surface area contributed by atoms with Crippen molar-refractivity contribution in [3.8, 4) is 11.3 Å². The number of aromatic amines is 1. The molecule has 5 heterocycles. The number of anilines is 1. The van der Waals surface area contributed by atoms with Crippen molar-refractivity contribution in [2.45, 2.75) is 50.5 Å². The van der Waals surface area contributed by atoms with Gasteiger partial charge in [0, 0.05) is 60.8 Å². The number of carboxylic acids is 2. The Hall–Kier alpha value is -5.46. The Kier molecular flexibility index (Phi) is 13.0. The van der Waals surface area contributed by atoms with Crippen LogP contribution < -0.4 is 10.7 Å². The maximum absolute atomic E-state index is 13.2. The van der Waals surface area contributed by atoms with Gasteiger partial charge in [0.05, 0.1) is 11.8 Å². The number of fused-ring (bicyclic) bond motifs is 1. The first-order valence-corrected chi connectivity index (χ1v) is 16.0. The molecular weight excluding hydrogens is 704 g/mol. The third kappa shape index (κ3) is 11.0. The first-order chi connectivity index (χ1) is 24.5. The number of aliphatic carboxylic acids is 2. The van der Waals surface area contributed by atoms with Gasteiger partial charge in [-0.05, 0) is 74.7 Å². The van der Waals surface area contributed by atoms with Gasteiger partial charge in [-0.15, -0.1) is 0 Å². The molecule has 3 aromatic rings. The minimum absolute atomic E-state index is 0.0409. The van der Waals surface area contributed by atoms with Crippen LogP contribution in [0, 0.1) is 0 Å².